The second-order valence-corrected chi connectivity index (χ2v) is 9.27. The van der Waals surface area contributed by atoms with E-state index in [1.165, 1.54) is 11.5 Å². The molecule has 9 heteroatoms. The van der Waals surface area contributed by atoms with Gasteiger partial charge in [0.1, 0.15) is 5.82 Å². The maximum atomic E-state index is 12.9. The van der Waals surface area contributed by atoms with Crippen molar-refractivity contribution < 1.29 is 14.3 Å². The number of fused-ring (bicyclic) bond motifs is 1. The number of hydrogen-bond donors (Lipinski definition) is 1. The average Bonchev–Trinajstić information content (AvgIpc) is 3.54. The highest BCUT2D eigenvalue weighted by Crippen LogP contribution is 2.32. The summed E-state index contributed by atoms with van der Waals surface area (Å²) in [5.41, 5.74) is 3.11. The quantitative estimate of drug-likeness (QED) is 0.350. The van der Waals surface area contributed by atoms with E-state index in [9.17, 15) is 4.79 Å². The zero-order valence-electron chi connectivity index (χ0n) is 18.8. The summed E-state index contributed by atoms with van der Waals surface area (Å²) >= 11 is 7.29. The van der Waals surface area contributed by atoms with Gasteiger partial charge in [0.15, 0.2) is 11.5 Å². The molecule has 5 rings (SSSR count). The molecule has 4 aromatic rings. The lowest BCUT2D eigenvalue weighted by Crippen LogP contribution is -2.36. The zero-order chi connectivity index (χ0) is 24.0. The molecule has 0 radical (unpaired) electrons. The Kier molecular flexibility index (Phi) is 7.11. The first kappa shape index (κ1) is 23.1. The first-order chi connectivity index (χ1) is 17.1. The van der Waals surface area contributed by atoms with Gasteiger partial charge in [0.2, 0.25) is 17.8 Å². The largest absolute Gasteiger partial charge is 0.454 e. The summed E-state index contributed by atoms with van der Waals surface area (Å²) in [4.78, 5) is 19.6. The number of carbonyl (C=O) groups excluding carboxylic acids is 1. The number of halogens is 1. The van der Waals surface area contributed by atoms with Gasteiger partial charge in [-0.3, -0.25) is 4.79 Å². The van der Waals surface area contributed by atoms with Gasteiger partial charge in [0.05, 0.1) is 6.54 Å². The first-order valence-electron chi connectivity index (χ1n) is 11.1. The molecule has 0 bridgehead atoms. The van der Waals surface area contributed by atoms with Gasteiger partial charge in [-0.15, -0.1) is 0 Å². The van der Waals surface area contributed by atoms with Crippen LogP contribution in [0.15, 0.2) is 72.8 Å². The van der Waals surface area contributed by atoms with Crippen molar-refractivity contribution in [3.8, 4) is 11.5 Å². The first-order valence-corrected chi connectivity index (χ1v) is 12.3. The summed E-state index contributed by atoms with van der Waals surface area (Å²) in [6.07, 6.45) is 0.600. The number of amides is 1. The van der Waals surface area contributed by atoms with Crippen molar-refractivity contribution >= 4 is 34.2 Å². The zero-order valence-corrected chi connectivity index (χ0v) is 20.4. The van der Waals surface area contributed by atoms with Crippen molar-refractivity contribution in [2.75, 3.05) is 18.2 Å². The van der Waals surface area contributed by atoms with Crippen LogP contribution in [0.2, 0.25) is 5.02 Å². The van der Waals surface area contributed by atoms with Crippen LogP contribution in [-0.2, 0) is 24.3 Å². The third-order valence-corrected chi connectivity index (χ3v) is 6.55. The standard InChI is InChI=1S/C26H23ClN4O3S/c27-21-9-6-18(7-10-21)13-24-29-26(35-30-24)31(15-19-4-2-1-3-5-19)16-25(32)28-14-20-8-11-22-23(12-20)34-17-33-22/h1-12H,13-17H2,(H,28,32). The fourth-order valence-corrected chi connectivity index (χ4v) is 4.51. The molecule has 7 nitrogen and oxygen atoms in total. The fraction of sp³-hybridized carbons (Fsp3) is 0.192. The van der Waals surface area contributed by atoms with E-state index in [1.807, 2.05) is 77.7 Å². The van der Waals surface area contributed by atoms with Crippen LogP contribution < -0.4 is 19.7 Å². The number of nitrogens with one attached hydrogen (secondary N) is 1. The molecule has 2 heterocycles. The van der Waals surface area contributed by atoms with Gasteiger partial charge in [-0.05, 0) is 41.0 Å². The second-order valence-electron chi connectivity index (χ2n) is 8.10. The molecule has 1 N–H and O–H groups in total. The third kappa shape index (κ3) is 6.09. The molecule has 1 aliphatic heterocycles. The van der Waals surface area contributed by atoms with Crippen LogP contribution in [0.3, 0.4) is 0 Å². The number of anilines is 1. The Labute approximate surface area is 212 Å². The van der Waals surface area contributed by atoms with Gasteiger partial charge in [0, 0.05) is 36.1 Å². The van der Waals surface area contributed by atoms with Gasteiger partial charge in [0.25, 0.3) is 0 Å². The normalized spacial score (nSPS) is 11.9. The summed E-state index contributed by atoms with van der Waals surface area (Å²) in [5, 5.41) is 4.40. The molecular formula is C26H23ClN4O3S. The van der Waals surface area contributed by atoms with Crippen LogP contribution >= 0.6 is 23.1 Å². The van der Waals surface area contributed by atoms with Crippen LogP contribution in [0.5, 0.6) is 11.5 Å². The minimum absolute atomic E-state index is 0.104. The van der Waals surface area contributed by atoms with Gasteiger partial charge < -0.3 is 19.7 Å². The van der Waals surface area contributed by atoms with Crippen molar-refractivity contribution in [1.29, 1.82) is 0 Å². The van der Waals surface area contributed by atoms with Gasteiger partial charge >= 0.3 is 0 Å². The molecule has 0 aliphatic carbocycles. The summed E-state index contributed by atoms with van der Waals surface area (Å²) in [6.45, 7) is 1.33. The lowest BCUT2D eigenvalue weighted by Gasteiger charge is -2.21. The van der Waals surface area contributed by atoms with Crippen LogP contribution in [-0.4, -0.2) is 28.6 Å². The highest BCUT2D eigenvalue weighted by molar-refractivity contribution is 7.09. The molecule has 0 saturated heterocycles. The Balaban J connectivity index is 1.26. The number of aromatic nitrogens is 2. The van der Waals surface area contributed by atoms with E-state index in [-0.39, 0.29) is 19.2 Å². The van der Waals surface area contributed by atoms with Crippen molar-refractivity contribution in [2.45, 2.75) is 19.5 Å². The molecule has 35 heavy (non-hydrogen) atoms. The minimum Gasteiger partial charge on any atom is -0.454 e. The highest BCUT2D eigenvalue weighted by Gasteiger charge is 2.18. The number of benzene rings is 3. The molecule has 0 unspecified atom stereocenters. The van der Waals surface area contributed by atoms with Crippen molar-refractivity contribution in [3.05, 3.63) is 100 Å². The molecule has 178 valence electrons. The monoisotopic (exact) mass is 506 g/mol. The Morgan fingerprint density at radius 3 is 2.57 bits per heavy atom. The van der Waals surface area contributed by atoms with Gasteiger partial charge in [-0.1, -0.05) is 60.1 Å². The molecule has 1 aliphatic rings. The Morgan fingerprint density at radius 2 is 1.74 bits per heavy atom. The summed E-state index contributed by atoms with van der Waals surface area (Å²) in [7, 11) is 0. The maximum absolute atomic E-state index is 12.9. The Hall–Kier alpha value is -3.62. The number of nitrogens with zero attached hydrogens (tertiary/aromatic N) is 3. The van der Waals surface area contributed by atoms with Crippen molar-refractivity contribution in [2.24, 2.45) is 0 Å². The van der Waals surface area contributed by atoms with E-state index < -0.39 is 0 Å². The SMILES string of the molecule is O=C(CN(Cc1ccccc1)c1nc(Cc2ccc(Cl)cc2)ns1)NCc1ccc2c(c1)OCO2. The van der Waals surface area contributed by atoms with Crippen molar-refractivity contribution in [1.82, 2.24) is 14.7 Å². The highest BCUT2D eigenvalue weighted by atomic mass is 35.5. The van der Waals surface area contributed by atoms with Crippen molar-refractivity contribution in [3.63, 3.8) is 0 Å². The predicted molar refractivity (Wildman–Crippen MR) is 136 cm³/mol. The van der Waals surface area contributed by atoms with E-state index in [2.05, 4.69) is 9.69 Å². The van der Waals surface area contributed by atoms with Gasteiger partial charge in [-0.25, -0.2) is 4.98 Å². The fourth-order valence-electron chi connectivity index (χ4n) is 3.71. The summed E-state index contributed by atoms with van der Waals surface area (Å²) in [6, 6.07) is 23.3. The summed E-state index contributed by atoms with van der Waals surface area (Å²) in [5.74, 6) is 2.03. The van der Waals surface area contributed by atoms with Crippen LogP contribution in [0, 0.1) is 0 Å². The Morgan fingerprint density at radius 1 is 0.971 bits per heavy atom. The molecule has 1 amide bonds. The molecule has 0 spiro atoms. The topological polar surface area (TPSA) is 76.6 Å². The van der Waals surface area contributed by atoms with E-state index in [1.54, 1.807) is 0 Å². The lowest BCUT2D eigenvalue weighted by atomic mass is 10.1. The van der Waals surface area contributed by atoms with Crippen LogP contribution in [0.4, 0.5) is 5.13 Å². The molecular weight excluding hydrogens is 484 g/mol. The lowest BCUT2D eigenvalue weighted by molar-refractivity contribution is -0.119. The van der Waals surface area contributed by atoms with E-state index in [4.69, 9.17) is 26.1 Å². The van der Waals surface area contributed by atoms with Gasteiger partial charge in [-0.2, -0.15) is 4.37 Å². The summed E-state index contributed by atoms with van der Waals surface area (Å²) < 4.78 is 15.3. The van der Waals surface area contributed by atoms with Crippen LogP contribution in [0.25, 0.3) is 0 Å². The molecule has 0 saturated carbocycles. The predicted octanol–water partition coefficient (Wildman–Crippen LogP) is 4.83. The minimum atomic E-state index is -0.104. The average molecular weight is 507 g/mol. The van der Waals surface area contributed by atoms with E-state index in [0.717, 1.165) is 22.4 Å². The van der Waals surface area contributed by atoms with Crippen LogP contribution in [0.1, 0.15) is 22.5 Å². The smallest absolute Gasteiger partial charge is 0.239 e. The third-order valence-electron chi connectivity index (χ3n) is 5.48. The Bertz CT molecular complexity index is 1300. The number of carbonyl (C=O) groups is 1. The molecule has 0 fully saturated rings. The maximum Gasteiger partial charge on any atom is 0.239 e. The van der Waals surface area contributed by atoms with E-state index in [0.29, 0.717) is 41.2 Å². The molecule has 1 aromatic heterocycles. The van der Waals surface area contributed by atoms with E-state index >= 15 is 0 Å². The number of hydrogen-bond acceptors (Lipinski definition) is 7. The molecule has 0 atom stereocenters. The number of rotatable bonds is 9. The second kappa shape index (κ2) is 10.8. The number of ether oxygens (including phenoxy) is 2. The molecule has 3 aromatic carbocycles.